The van der Waals surface area contributed by atoms with Gasteiger partial charge in [0.2, 0.25) is 0 Å². The molecule has 0 bridgehead atoms. The molecule has 3 nitrogen and oxygen atoms in total. The van der Waals surface area contributed by atoms with Crippen molar-refractivity contribution in [3.05, 3.63) is 42.0 Å². The first-order valence-corrected chi connectivity index (χ1v) is 9.45. The van der Waals surface area contributed by atoms with Crippen LogP contribution in [0.25, 0.3) is 0 Å². The van der Waals surface area contributed by atoms with Gasteiger partial charge >= 0.3 is 0 Å². The number of hydrogen-bond acceptors (Lipinski definition) is 3. The van der Waals surface area contributed by atoms with E-state index in [1.165, 1.54) is 12.8 Å². The minimum absolute atomic E-state index is 0.199. The Morgan fingerprint density at radius 3 is 2.21 bits per heavy atom. The molecule has 1 fully saturated rings. The molecule has 2 aromatic carbocycles. The third-order valence-corrected chi connectivity index (χ3v) is 6.29. The van der Waals surface area contributed by atoms with Crippen LogP contribution in [0.1, 0.15) is 38.2 Å². The maximum atomic E-state index is 10.9. The number of phenolic OH excluding ortho intramolecular Hbond substituents is 1. The Morgan fingerprint density at radius 1 is 1.04 bits per heavy atom. The van der Waals surface area contributed by atoms with E-state index in [0.717, 1.165) is 40.5 Å². The number of rotatable bonds is 7. The van der Waals surface area contributed by atoms with Crippen molar-refractivity contribution in [1.29, 1.82) is 0 Å². The summed E-state index contributed by atoms with van der Waals surface area (Å²) in [6.07, 6.45) is 4.65. The zero-order valence-electron chi connectivity index (χ0n) is 14.6. The first-order chi connectivity index (χ1) is 11.6. The molecule has 0 aromatic heterocycles. The topological polar surface area (TPSA) is 38.7 Å². The summed E-state index contributed by atoms with van der Waals surface area (Å²) < 4.78 is 11.0. The van der Waals surface area contributed by atoms with Crippen molar-refractivity contribution in [2.45, 2.75) is 38.0 Å². The smallest absolute Gasteiger partial charge is 0.130 e. The average Bonchev–Trinajstić information content (AvgIpc) is 3.37. The Labute approximate surface area is 145 Å². The molecular weight excluding hydrogens is 319 g/mol. The first kappa shape index (κ1) is 17.1. The zero-order valence-corrected chi connectivity index (χ0v) is 15.6. The summed E-state index contributed by atoms with van der Waals surface area (Å²) in [5, 5.41) is 12.9. The normalized spacial score (nSPS) is 15.6. The van der Waals surface area contributed by atoms with Crippen molar-refractivity contribution in [2.75, 3.05) is 14.2 Å². The van der Waals surface area contributed by atoms with E-state index in [4.69, 9.17) is 9.47 Å². The van der Waals surface area contributed by atoms with E-state index >= 15 is 0 Å². The monoisotopic (exact) mass is 344 g/mol. The van der Waals surface area contributed by atoms with Gasteiger partial charge in [0.25, 0.3) is 0 Å². The van der Waals surface area contributed by atoms with Crippen LogP contribution in [0.2, 0.25) is 0 Å². The molecule has 128 valence electrons. The van der Waals surface area contributed by atoms with Gasteiger partial charge in [0.15, 0.2) is 0 Å². The largest absolute Gasteiger partial charge is 0.507 e. The minimum atomic E-state index is 0.199. The Hall–Kier alpha value is -1.73. The molecule has 1 unspecified atom stereocenters. The van der Waals surface area contributed by atoms with E-state index in [9.17, 15) is 5.11 Å². The molecule has 0 radical (unpaired) electrons. The van der Waals surface area contributed by atoms with Crippen molar-refractivity contribution in [3.8, 4) is 17.2 Å². The van der Waals surface area contributed by atoms with Crippen molar-refractivity contribution >= 4 is 19.2 Å². The molecule has 3 rings (SSSR count). The molecule has 4 heteroatoms. The third-order valence-electron chi connectivity index (χ3n) is 4.88. The number of hydrogen-bond donors (Lipinski definition) is 1. The highest BCUT2D eigenvalue weighted by Gasteiger charge is 2.45. The fraction of sp³-hybridized carbons (Fsp3) is 0.400. The van der Waals surface area contributed by atoms with Crippen LogP contribution in [0.5, 0.6) is 17.2 Å². The summed E-state index contributed by atoms with van der Waals surface area (Å²) in [5.74, 6) is 2.05. The molecule has 1 atom stereocenters. The molecule has 1 N–H and O–H groups in total. The third kappa shape index (κ3) is 3.10. The van der Waals surface area contributed by atoms with Gasteiger partial charge in [-0.2, -0.15) is 0 Å². The van der Waals surface area contributed by atoms with Gasteiger partial charge in [-0.3, -0.25) is 0 Å². The second kappa shape index (κ2) is 7.03. The van der Waals surface area contributed by atoms with Crippen LogP contribution in [0, 0.1) is 0 Å². The quantitative estimate of drug-likeness (QED) is 0.775. The lowest BCUT2D eigenvalue weighted by molar-refractivity contribution is 0.401. The molecule has 0 spiro atoms. The number of methoxy groups -OCH3 is 2. The van der Waals surface area contributed by atoms with Crippen molar-refractivity contribution in [1.82, 2.24) is 0 Å². The Kier molecular flexibility index (Phi) is 5.01. The van der Waals surface area contributed by atoms with Gasteiger partial charge in [0.05, 0.1) is 19.5 Å². The van der Waals surface area contributed by atoms with Crippen molar-refractivity contribution in [2.24, 2.45) is 0 Å². The van der Waals surface area contributed by atoms with Gasteiger partial charge in [-0.05, 0) is 45.4 Å². The molecule has 1 saturated carbocycles. The van der Waals surface area contributed by atoms with E-state index in [-0.39, 0.29) is 5.41 Å². The highest BCUT2D eigenvalue weighted by Crippen LogP contribution is 2.54. The second-order valence-corrected chi connectivity index (χ2v) is 7.68. The predicted octanol–water partition coefficient (Wildman–Crippen LogP) is 3.87. The van der Waals surface area contributed by atoms with E-state index in [0.29, 0.717) is 14.3 Å². The van der Waals surface area contributed by atoms with Gasteiger partial charge in [-0.25, -0.2) is 0 Å². The average molecular weight is 344 g/mol. The highest BCUT2D eigenvalue weighted by molar-refractivity contribution is 7.56. The highest BCUT2D eigenvalue weighted by atomic mass is 31.1. The van der Waals surface area contributed by atoms with Crippen LogP contribution in [-0.2, 0) is 5.41 Å². The Balaban J connectivity index is 1.98. The van der Waals surface area contributed by atoms with Gasteiger partial charge in [-0.1, -0.05) is 37.6 Å². The summed E-state index contributed by atoms with van der Waals surface area (Å²) in [7, 11) is 3.62. The maximum absolute atomic E-state index is 10.9. The molecule has 1 aliphatic rings. The SMILES string of the molecule is CCCC1(c2cccc(Pc3c(OC)cccc3OC)c2O)CC1. The van der Waals surface area contributed by atoms with E-state index in [1.807, 2.05) is 24.3 Å². The summed E-state index contributed by atoms with van der Waals surface area (Å²) in [6, 6.07) is 11.9. The summed E-state index contributed by atoms with van der Waals surface area (Å²) in [6.45, 7) is 2.21. The number of phenols is 1. The van der Waals surface area contributed by atoms with E-state index in [1.54, 1.807) is 14.2 Å². The van der Waals surface area contributed by atoms with Crippen LogP contribution in [0.3, 0.4) is 0 Å². The molecule has 1 aliphatic carbocycles. The molecule has 0 amide bonds. The van der Waals surface area contributed by atoms with Crippen molar-refractivity contribution < 1.29 is 14.6 Å². The summed E-state index contributed by atoms with van der Waals surface area (Å²) >= 11 is 0. The number of aromatic hydroxyl groups is 1. The van der Waals surface area contributed by atoms with Crippen molar-refractivity contribution in [3.63, 3.8) is 0 Å². The second-order valence-electron chi connectivity index (χ2n) is 6.39. The minimum Gasteiger partial charge on any atom is -0.507 e. The van der Waals surface area contributed by atoms with Gasteiger partial charge in [-0.15, -0.1) is 0 Å². The predicted molar refractivity (Wildman–Crippen MR) is 101 cm³/mol. The van der Waals surface area contributed by atoms with Crippen LogP contribution in [-0.4, -0.2) is 19.3 Å². The summed E-state index contributed by atoms with van der Waals surface area (Å²) in [4.78, 5) is 0. The zero-order chi connectivity index (χ0) is 17.2. The molecular formula is C20H25O3P. The van der Waals surface area contributed by atoms with Crippen LogP contribution < -0.4 is 20.1 Å². The fourth-order valence-corrected chi connectivity index (χ4v) is 4.78. The van der Waals surface area contributed by atoms with Gasteiger partial charge in [0.1, 0.15) is 17.2 Å². The molecule has 0 aliphatic heterocycles. The molecule has 0 saturated heterocycles. The molecule has 2 aromatic rings. The molecule has 0 heterocycles. The number of benzene rings is 2. The fourth-order valence-electron chi connectivity index (χ4n) is 3.46. The Morgan fingerprint density at radius 2 is 1.67 bits per heavy atom. The first-order valence-electron chi connectivity index (χ1n) is 8.45. The lowest BCUT2D eigenvalue weighted by atomic mass is 9.90. The standard InChI is InChI=1S/C20H25O3P/c1-4-11-20(12-13-20)14-7-5-10-17(18(14)21)24-19-15(22-2)8-6-9-16(19)23-3/h5-10,21,24H,4,11-13H2,1-3H3. The maximum Gasteiger partial charge on any atom is 0.130 e. The van der Waals surface area contributed by atoms with Crippen LogP contribution >= 0.6 is 8.58 Å². The van der Waals surface area contributed by atoms with Crippen LogP contribution in [0.4, 0.5) is 0 Å². The van der Waals surface area contributed by atoms with E-state index < -0.39 is 0 Å². The van der Waals surface area contributed by atoms with Gasteiger partial charge in [0, 0.05) is 10.9 Å². The lowest BCUT2D eigenvalue weighted by Gasteiger charge is -2.19. The Bertz CT molecular complexity index is 701. The molecule has 24 heavy (non-hydrogen) atoms. The van der Waals surface area contributed by atoms with Gasteiger partial charge < -0.3 is 14.6 Å². The number of para-hydroxylation sites is 1. The van der Waals surface area contributed by atoms with Crippen LogP contribution in [0.15, 0.2) is 36.4 Å². The number of ether oxygens (including phenoxy) is 2. The summed E-state index contributed by atoms with van der Waals surface area (Å²) in [5.41, 5.74) is 1.31. The lowest BCUT2D eigenvalue weighted by Crippen LogP contribution is -2.14. The van der Waals surface area contributed by atoms with E-state index in [2.05, 4.69) is 19.1 Å².